The van der Waals surface area contributed by atoms with Gasteiger partial charge < -0.3 is 25.4 Å². The first kappa shape index (κ1) is 23.1. The van der Waals surface area contributed by atoms with Crippen molar-refractivity contribution in [3.05, 3.63) is 23.8 Å². The zero-order valence-electron chi connectivity index (χ0n) is 17.0. The topological polar surface area (TPSA) is 90.9 Å². The van der Waals surface area contributed by atoms with Crippen molar-refractivity contribution in [1.29, 1.82) is 0 Å². The van der Waals surface area contributed by atoms with Gasteiger partial charge in [-0.1, -0.05) is 20.8 Å². The van der Waals surface area contributed by atoms with Crippen molar-refractivity contribution in [2.24, 2.45) is 0 Å². The number of ketones is 1. The number of amides is 1. The molecule has 0 saturated carbocycles. The van der Waals surface area contributed by atoms with Gasteiger partial charge in [0, 0.05) is 24.7 Å². The summed E-state index contributed by atoms with van der Waals surface area (Å²) in [5, 5.41) is 16.0. The van der Waals surface area contributed by atoms with E-state index in [0.717, 1.165) is 6.42 Å². The van der Waals surface area contributed by atoms with Gasteiger partial charge in [-0.15, -0.1) is 0 Å². The molecule has 7 heteroatoms. The Kier molecular flexibility index (Phi) is 9.99. The van der Waals surface area contributed by atoms with Gasteiger partial charge in [0.05, 0.1) is 12.1 Å². The highest BCUT2D eigenvalue weighted by Crippen LogP contribution is 2.24. The van der Waals surface area contributed by atoms with Crippen molar-refractivity contribution >= 4 is 17.4 Å². The number of likely N-dealkylation sites (N-methyl/N-ethyl adjacent to an activating group) is 1. The Morgan fingerprint density at radius 1 is 1.26 bits per heavy atom. The van der Waals surface area contributed by atoms with E-state index in [-0.39, 0.29) is 30.9 Å². The van der Waals surface area contributed by atoms with E-state index in [9.17, 15) is 14.7 Å². The highest BCUT2D eigenvalue weighted by atomic mass is 16.5. The van der Waals surface area contributed by atoms with Gasteiger partial charge >= 0.3 is 0 Å². The van der Waals surface area contributed by atoms with Gasteiger partial charge in [0.1, 0.15) is 18.5 Å². The normalized spacial score (nSPS) is 12.3. The monoisotopic (exact) mass is 379 g/mol. The summed E-state index contributed by atoms with van der Waals surface area (Å²) < 4.78 is 5.70. The van der Waals surface area contributed by atoms with Crippen molar-refractivity contribution in [2.45, 2.75) is 45.8 Å². The van der Waals surface area contributed by atoms with Crippen molar-refractivity contribution in [3.63, 3.8) is 0 Å². The molecule has 27 heavy (non-hydrogen) atoms. The van der Waals surface area contributed by atoms with E-state index in [0.29, 0.717) is 30.0 Å². The number of ether oxygens (including phenoxy) is 1. The summed E-state index contributed by atoms with van der Waals surface area (Å²) in [7, 11) is 3.62. The van der Waals surface area contributed by atoms with Crippen LogP contribution in [-0.2, 0) is 4.79 Å². The van der Waals surface area contributed by atoms with E-state index < -0.39 is 6.10 Å². The van der Waals surface area contributed by atoms with Gasteiger partial charge in [0.25, 0.3) is 0 Å². The Labute approximate surface area is 162 Å². The van der Waals surface area contributed by atoms with Crippen LogP contribution in [0.3, 0.4) is 0 Å². The molecule has 1 amide bonds. The Balaban J connectivity index is 2.90. The molecule has 1 rings (SSSR count). The largest absolute Gasteiger partial charge is 0.490 e. The molecule has 0 bridgehead atoms. The molecule has 1 unspecified atom stereocenters. The highest BCUT2D eigenvalue weighted by molar-refractivity contribution is 6.02. The van der Waals surface area contributed by atoms with E-state index in [4.69, 9.17) is 4.74 Å². The lowest BCUT2D eigenvalue weighted by Gasteiger charge is -2.18. The van der Waals surface area contributed by atoms with Crippen LogP contribution >= 0.6 is 0 Å². The molecule has 1 aromatic rings. The van der Waals surface area contributed by atoms with Crippen LogP contribution in [-0.4, -0.2) is 67.6 Å². The lowest BCUT2D eigenvalue weighted by atomic mass is 10.1. The SMILES string of the molecule is CCCC(=O)Nc1ccc(OCC(O)CNC(C)C)c(C(=O)CN(C)C)c1. The smallest absolute Gasteiger partial charge is 0.224 e. The van der Waals surface area contributed by atoms with E-state index in [1.807, 2.05) is 34.9 Å². The molecule has 1 aromatic carbocycles. The number of aliphatic hydroxyl groups is 1. The fraction of sp³-hybridized carbons (Fsp3) is 0.600. The molecule has 3 N–H and O–H groups in total. The molecule has 0 saturated heterocycles. The van der Waals surface area contributed by atoms with Crippen molar-refractivity contribution < 1.29 is 19.4 Å². The molecule has 0 spiro atoms. The van der Waals surface area contributed by atoms with E-state index in [2.05, 4.69) is 10.6 Å². The minimum absolute atomic E-state index is 0.0729. The Hall–Kier alpha value is -1.96. The maximum atomic E-state index is 12.6. The number of benzene rings is 1. The molecular formula is C20H33N3O4. The van der Waals surface area contributed by atoms with Gasteiger partial charge in [0.15, 0.2) is 5.78 Å². The highest BCUT2D eigenvalue weighted by Gasteiger charge is 2.16. The van der Waals surface area contributed by atoms with Gasteiger partial charge in [0.2, 0.25) is 5.91 Å². The maximum Gasteiger partial charge on any atom is 0.224 e. The summed E-state index contributed by atoms with van der Waals surface area (Å²) in [4.78, 5) is 26.2. The number of carbonyl (C=O) groups excluding carboxylic acids is 2. The zero-order valence-corrected chi connectivity index (χ0v) is 17.0. The second-order valence-corrected chi connectivity index (χ2v) is 7.20. The Bertz CT molecular complexity index is 617. The number of nitrogens with one attached hydrogen (secondary N) is 2. The van der Waals surface area contributed by atoms with Crippen LogP contribution in [0.1, 0.15) is 44.0 Å². The van der Waals surface area contributed by atoms with Crippen LogP contribution in [0, 0.1) is 0 Å². The molecule has 0 radical (unpaired) electrons. The molecule has 0 heterocycles. The van der Waals surface area contributed by atoms with Crippen molar-refractivity contribution in [2.75, 3.05) is 39.1 Å². The fourth-order valence-corrected chi connectivity index (χ4v) is 2.39. The minimum atomic E-state index is -0.687. The van der Waals surface area contributed by atoms with E-state index in [1.165, 1.54) is 0 Å². The number of carbonyl (C=O) groups is 2. The average molecular weight is 380 g/mol. The second-order valence-electron chi connectivity index (χ2n) is 7.20. The standard InChI is InChI=1S/C20H33N3O4/c1-6-7-20(26)22-15-8-9-19(17(10-15)18(25)12-23(4)5)27-13-16(24)11-21-14(2)3/h8-10,14,16,21,24H,6-7,11-13H2,1-5H3,(H,22,26). The third kappa shape index (κ3) is 8.99. The maximum absolute atomic E-state index is 12.6. The first-order valence-corrected chi connectivity index (χ1v) is 9.39. The third-order valence-electron chi connectivity index (χ3n) is 3.69. The summed E-state index contributed by atoms with van der Waals surface area (Å²) >= 11 is 0. The molecule has 7 nitrogen and oxygen atoms in total. The molecule has 0 aliphatic carbocycles. The van der Waals surface area contributed by atoms with Crippen molar-refractivity contribution in [1.82, 2.24) is 10.2 Å². The van der Waals surface area contributed by atoms with E-state index in [1.54, 1.807) is 23.1 Å². The van der Waals surface area contributed by atoms with Gasteiger partial charge in [-0.05, 0) is 38.7 Å². The van der Waals surface area contributed by atoms with Crippen LogP contribution < -0.4 is 15.4 Å². The number of hydrogen-bond donors (Lipinski definition) is 3. The molecule has 0 aliphatic heterocycles. The summed E-state index contributed by atoms with van der Waals surface area (Å²) in [5.74, 6) is 0.197. The quantitative estimate of drug-likeness (QED) is 0.481. The third-order valence-corrected chi connectivity index (χ3v) is 3.69. The number of Topliss-reactive ketones (excluding diaryl/α,β-unsaturated/α-hetero) is 1. The van der Waals surface area contributed by atoms with Crippen LogP contribution in [0.4, 0.5) is 5.69 Å². The lowest BCUT2D eigenvalue weighted by molar-refractivity contribution is -0.116. The lowest BCUT2D eigenvalue weighted by Crippen LogP contribution is -2.35. The molecule has 0 aliphatic rings. The van der Waals surface area contributed by atoms with Crippen LogP contribution in [0.5, 0.6) is 5.75 Å². The molecule has 0 aromatic heterocycles. The molecular weight excluding hydrogens is 346 g/mol. The predicted molar refractivity (Wildman–Crippen MR) is 108 cm³/mol. The van der Waals surface area contributed by atoms with Gasteiger partial charge in [-0.2, -0.15) is 0 Å². The number of nitrogens with zero attached hydrogens (tertiary/aromatic N) is 1. The first-order valence-electron chi connectivity index (χ1n) is 9.39. The summed E-state index contributed by atoms with van der Waals surface area (Å²) in [6, 6.07) is 5.26. The first-order chi connectivity index (χ1) is 12.7. The second kappa shape index (κ2) is 11.7. The predicted octanol–water partition coefficient (Wildman–Crippen LogP) is 1.91. The number of rotatable bonds is 12. The number of aliphatic hydroxyl groups excluding tert-OH is 1. The fourth-order valence-electron chi connectivity index (χ4n) is 2.39. The summed E-state index contributed by atoms with van der Waals surface area (Å²) in [6.45, 7) is 6.63. The van der Waals surface area contributed by atoms with E-state index >= 15 is 0 Å². The van der Waals surface area contributed by atoms with Crippen LogP contribution in [0.25, 0.3) is 0 Å². The zero-order chi connectivity index (χ0) is 20.4. The Morgan fingerprint density at radius 2 is 1.96 bits per heavy atom. The summed E-state index contributed by atoms with van der Waals surface area (Å²) in [5.41, 5.74) is 0.951. The number of hydrogen-bond acceptors (Lipinski definition) is 6. The summed E-state index contributed by atoms with van der Waals surface area (Å²) in [6.07, 6.45) is 0.490. The van der Waals surface area contributed by atoms with Crippen LogP contribution in [0.15, 0.2) is 18.2 Å². The Morgan fingerprint density at radius 3 is 2.56 bits per heavy atom. The minimum Gasteiger partial charge on any atom is -0.490 e. The van der Waals surface area contributed by atoms with Crippen LogP contribution in [0.2, 0.25) is 0 Å². The average Bonchev–Trinajstić information content (AvgIpc) is 2.58. The molecule has 152 valence electrons. The molecule has 1 atom stereocenters. The van der Waals surface area contributed by atoms with Gasteiger partial charge in [-0.25, -0.2) is 0 Å². The van der Waals surface area contributed by atoms with Crippen molar-refractivity contribution in [3.8, 4) is 5.75 Å². The van der Waals surface area contributed by atoms with Gasteiger partial charge in [-0.3, -0.25) is 9.59 Å². The molecule has 0 fully saturated rings. The number of anilines is 1.